The number of ether oxygens (including phenoxy) is 2. The fourth-order valence-electron chi connectivity index (χ4n) is 2.58. The van der Waals surface area contributed by atoms with Crippen molar-refractivity contribution in [3.8, 4) is 11.5 Å². The third-order valence-electron chi connectivity index (χ3n) is 3.92. The van der Waals surface area contributed by atoms with E-state index in [1.807, 2.05) is 0 Å². The van der Waals surface area contributed by atoms with Gasteiger partial charge in [0.2, 0.25) is 0 Å². The second kappa shape index (κ2) is 8.03. The van der Waals surface area contributed by atoms with Gasteiger partial charge in [0.05, 0.1) is 20.5 Å². The normalized spacial score (nSPS) is 10.6. The zero-order valence-corrected chi connectivity index (χ0v) is 15.0. The van der Waals surface area contributed by atoms with Gasteiger partial charge in [-0.25, -0.2) is 18.2 Å². The monoisotopic (exact) mass is 391 g/mol. The van der Waals surface area contributed by atoms with Gasteiger partial charge in [-0.05, 0) is 29.8 Å². The molecule has 0 unspecified atom stereocenters. The van der Waals surface area contributed by atoms with Crippen molar-refractivity contribution < 1.29 is 27.4 Å². The molecule has 0 aliphatic rings. The first-order valence-corrected chi connectivity index (χ1v) is 8.10. The predicted octanol–water partition coefficient (Wildman–Crippen LogP) is 3.62. The number of benzene rings is 2. The van der Waals surface area contributed by atoms with E-state index in [0.29, 0.717) is 17.2 Å². The average molecular weight is 391 g/mol. The van der Waals surface area contributed by atoms with Crippen LogP contribution in [0.25, 0.3) is 0 Å². The van der Waals surface area contributed by atoms with Crippen LogP contribution in [0.4, 0.5) is 18.9 Å². The summed E-state index contributed by atoms with van der Waals surface area (Å²) in [5.41, 5.74) is 0.762. The number of anilines is 1. The largest absolute Gasteiger partial charge is 0.493 e. The zero-order valence-electron chi connectivity index (χ0n) is 15.0. The number of hydrogen-bond acceptors (Lipinski definition) is 4. The van der Waals surface area contributed by atoms with Gasteiger partial charge in [0.25, 0.3) is 5.91 Å². The second-order valence-electron chi connectivity index (χ2n) is 5.83. The third kappa shape index (κ3) is 4.08. The number of halogens is 3. The van der Waals surface area contributed by atoms with Crippen molar-refractivity contribution in [3.05, 3.63) is 71.6 Å². The number of hydrogen-bond donors (Lipinski definition) is 1. The van der Waals surface area contributed by atoms with Gasteiger partial charge < -0.3 is 19.4 Å². The van der Waals surface area contributed by atoms with Crippen LogP contribution in [0.1, 0.15) is 16.1 Å². The number of imidazole rings is 1. The number of nitrogens with one attached hydrogen (secondary N) is 1. The van der Waals surface area contributed by atoms with E-state index in [0.717, 1.165) is 12.1 Å². The van der Waals surface area contributed by atoms with Gasteiger partial charge >= 0.3 is 0 Å². The molecule has 0 atom stereocenters. The van der Waals surface area contributed by atoms with Crippen molar-refractivity contribution in [2.75, 3.05) is 19.5 Å². The van der Waals surface area contributed by atoms with Gasteiger partial charge in [-0.15, -0.1) is 0 Å². The zero-order chi connectivity index (χ0) is 20.3. The molecular formula is C19H16F3N3O3. The van der Waals surface area contributed by atoms with Crippen LogP contribution < -0.4 is 14.8 Å². The molecule has 6 nitrogen and oxygen atoms in total. The summed E-state index contributed by atoms with van der Waals surface area (Å²) < 4.78 is 51.4. The first kappa shape index (κ1) is 19.3. The Balaban J connectivity index is 1.72. The summed E-state index contributed by atoms with van der Waals surface area (Å²) in [7, 11) is 2.98. The Morgan fingerprint density at radius 2 is 1.75 bits per heavy atom. The molecule has 0 aliphatic heterocycles. The van der Waals surface area contributed by atoms with Crippen LogP contribution in [0, 0.1) is 17.5 Å². The molecule has 0 saturated carbocycles. The van der Waals surface area contributed by atoms with E-state index in [4.69, 9.17) is 9.47 Å². The van der Waals surface area contributed by atoms with Gasteiger partial charge in [-0.1, -0.05) is 0 Å². The van der Waals surface area contributed by atoms with E-state index >= 15 is 0 Å². The van der Waals surface area contributed by atoms with Crippen molar-refractivity contribution in [2.24, 2.45) is 0 Å². The fraction of sp³-hybridized carbons (Fsp3) is 0.158. The molecule has 3 aromatic rings. The van der Waals surface area contributed by atoms with Crippen LogP contribution >= 0.6 is 0 Å². The van der Waals surface area contributed by atoms with E-state index in [9.17, 15) is 18.0 Å². The van der Waals surface area contributed by atoms with Crippen LogP contribution in [-0.2, 0) is 6.54 Å². The number of rotatable bonds is 6. The number of carbonyl (C=O) groups excluding carboxylic acids is 1. The number of aromatic nitrogens is 2. The van der Waals surface area contributed by atoms with E-state index in [2.05, 4.69) is 10.3 Å². The smallest absolute Gasteiger partial charge is 0.275 e. The number of carbonyl (C=O) groups is 1. The van der Waals surface area contributed by atoms with Crippen molar-refractivity contribution >= 4 is 11.6 Å². The summed E-state index contributed by atoms with van der Waals surface area (Å²) in [5.74, 6) is -3.59. The van der Waals surface area contributed by atoms with Crippen LogP contribution in [0.5, 0.6) is 11.5 Å². The van der Waals surface area contributed by atoms with Crippen LogP contribution in [0.3, 0.4) is 0 Å². The van der Waals surface area contributed by atoms with Gasteiger partial charge in [-0.3, -0.25) is 4.79 Å². The minimum Gasteiger partial charge on any atom is -0.493 e. The summed E-state index contributed by atoms with van der Waals surface area (Å²) in [5, 5.41) is 2.67. The molecule has 0 radical (unpaired) electrons. The highest BCUT2D eigenvalue weighted by atomic mass is 19.2. The Bertz CT molecular complexity index is 998. The molecule has 0 saturated heterocycles. The molecule has 146 valence electrons. The lowest BCUT2D eigenvalue weighted by molar-refractivity contribution is 0.102. The highest BCUT2D eigenvalue weighted by Crippen LogP contribution is 2.29. The third-order valence-corrected chi connectivity index (χ3v) is 3.92. The number of methoxy groups -OCH3 is 2. The molecule has 0 bridgehead atoms. The summed E-state index contributed by atoms with van der Waals surface area (Å²) in [4.78, 5) is 16.3. The van der Waals surface area contributed by atoms with Crippen LogP contribution in [-0.4, -0.2) is 29.7 Å². The molecule has 1 N–H and O–H groups in total. The molecular weight excluding hydrogens is 375 g/mol. The summed E-state index contributed by atoms with van der Waals surface area (Å²) in [6.45, 7) is 0.0186. The van der Waals surface area contributed by atoms with Gasteiger partial charge in [0.15, 0.2) is 29.0 Å². The number of nitrogens with zero attached hydrogens (tertiary/aromatic N) is 2. The quantitative estimate of drug-likeness (QED) is 0.652. The maximum atomic E-state index is 13.3. The standard InChI is InChI=1S/C19H16F3N3O3/c1-27-16-4-3-12(7-17(16)28-2)24-19(26)15-9-25(10-23-15)8-11-5-13(20)18(22)14(21)6-11/h3-7,9-10H,8H2,1-2H3,(H,24,26). The summed E-state index contributed by atoms with van der Waals surface area (Å²) >= 11 is 0. The Kier molecular flexibility index (Phi) is 5.53. The molecule has 3 rings (SSSR count). The van der Waals surface area contributed by atoms with Crippen molar-refractivity contribution in [1.29, 1.82) is 0 Å². The number of amides is 1. The minimum atomic E-state index is -1.52. The maximum Gasteiger partial charge on any atom is 0.275 e. The summed E-state index contributed by atoms with van der Waals surface area (Å²) in [6, 6.07) is 6.66. The molecule has 0 spiro atoms. The fourth-order valence-corrected chi connectivity index (χ4v) is 2.58. The van der Waals surface area contributed by atoms with Crippen molar-refractivity contribution in [2.45, 2.75) is 6.54 Å². The molecule has 28 heavy (non-hydrogen) atoms. The Morgan fingerprint density at radius 1 is 1.07 bits per heavy atom. The molecule has 1 heterocycles. The van der Waals surface area contributed by atoms with E-state index in [-0.39, 0.29) is 17.8 Å². The lowest BCUT2D eigenvalue weighted by atomic mass is 10.2. The van der Waals surface area contributed by atoms with E-state index in [1.165, 1.54) is 31.3 Å². The van der Waals surface area contributed by atoms with Crippen LogP contribution in [0.2, 0.25) is 0 Å². The highest BCUT2D eigenvalue weighted by molar-refractivity contribution is 6.02. The molecule has 0 aliphatic carbocycles. The maximum absolute atomic E-state index is 13.3. The predicted molar refractivity (Wildman–Crippen MR) is 95.1 cm³/mol. The Morgan fingerprint density at radius 3 is 2.39 bits per heavy atom. The second-order valence-corrected chi connectivity index (χ2v) is 5.83. The summed E-state index contributed by atoms with van der Waals surface area (Å²) in [6.07, 6.45) is 2.75. The van der Waals surface area contributed by atoms with Crippen molar-refractivity contribution in [3.63, 3.8) is 0 Å². The van der Waals surface area contributed by atoms with Gasteiger partial charge in [-0.2, -0.15) is 0 Å². The van der Waals surface area contributed by atoms with Crippen LogP contribution in [0.15, 0.2) is 42.9 Å². The van der Waals surface area contributed by atoms with E-state index in [1.54, 1.807) is 18.2 Å². The molecule has 0 fully saturated rings. The van der Waals surface area contributed by atoms with Crippen molar-refractivity contribution in [1.82, 2.24) is 9.55 Å². The molecule has 1 amide bonds. The van der Waals surface area contributed by atoms with Gasteiger partial charge in [0, 0.05) is 24.5 Å². The minimum absolute atomic E-state index is 0.0186. The first-order chi connectivity index (χ1) is 13.4. The van der Waals surface area contributed by atoms with Gasteiger partial charge in [0.1, 0.15) is 5.69 Å². The lowest BCUT2D eigenvalue weighted by Gasteiger charge is -2.10. The average Bonchev–Trinajstić information content (AvgIpc) is 3.14. The topological polar surface area (TPSA) is 65.4 Å². The Labute approximate surface area is 158 Å². The highest BCUT2D eigenvalue weighted by Gasteiger charge is 2.14. The lowest BCUT2D eigenvalue weighted by Crippen LogP contribution is -2.12. The SMILES string of the molecule is COc1ccc(NC(=O)c2cn(Cc3cc(F)c(F)c(F)c3)cn2)cc1OC. The van der Waals surface area contributed by atoms with E-state index < -0.39 is 23.4 Å². The molecule has 1 aromatic heterocycles. The first-order valence-electron chi connectivity index (χ1n) is 8.10. The molecule has 2 aromatic carbocycles. The Hall–Kier alpha value is -3.49. The molecule has 9 heteroatoms.